The molecule has 3 nitrogen and oxygen atoms in total. The van der Waals surface area contributed by atoms with Crippen molar-refractivity contribution in [1.82, 2.24) is 5.48 Å². The first-order valence-electron chi connectivity index (χ1n) is 5.10. The standard InChI is InChI=1S/C12H17NO2/c1-8(2)9(3)10-5-4-6-11(7-10)12(14)13-15/h4-9,15H,1-3H3,(H,13,14). The van der Waals surface area contributed by atoms with E-state index in [1.807, 2.05) is 18.2 Å². The van der Waals surface area contributed by atoms with Gasteiger partial charge in [-0.1, -0.05) is 32.9 Å². The van der Waals surface area contributed by atoms with Crippen LogP contribution in [-0.4, -0.2) is 11.1 Å². The summed E-state index contributed by atoms with van der Waals surface area (Å²) in [4.78, 5) is 11.2. The van der Waals surface area contributed by atoms with Gasteiger partial charge in [0.15, 0.2) is 0 Å². The molecule has 0 aliphatic heterocycles. The molecule has 0 spiro atoms. The summed E-state index contributed by atoms with van der Waals surface area (Å²) in [5.41, 5.74) is 3.24. The molecule has 0 saturated carbocycles. The normalized spacial score (nSPS) is 12.6. The Morgan fingerprint density at radius 3 is 2.53 bits per heavy atom. The molecule has 2 N–H and O–H groups in total. The van der Waals surface area contributed by atoms with Crippen LogP contribution in [0.15, 0.2) is 24.3 Å². The molecule has 0 heterocycles. The molecule has 0 fully saturated rings. The lowest BCUT2D eigenvalue weighted by atomic mass is 9.89. The fraction of sp³-hybridized carbons (Fsp3) is 0.417. The summed E-state index contributed by atoms with van der Waals surface area (Å²) in [7, 11) is 0. The number of hydrogen-bond donors (Lipinski definition) is 2. The van der Waals surface area contributed by atoms with Gasteiger partial charge in [-0.3, -0.25) is 10.0 Å². The van der Waals surface area contributed by atoms with E-state index >= 15 is 0 Å². The second-order valence-electron chi connectivity index (χ2n) is 4.10. The Kier molecular flexibility index (Phi) is 3.86. The van der Waals surface area contributed by atoms with Crippen LogP contribution in [0.2, 0.25) is 0 Å². The minimum Gasteiger partial charge on any atom is -0.288 e. The van der Waals surface area contributed by atoms with Gasteiger partial charge in [0, 0.05) is 5.56 Å². The predicted molar refractivity (Wildman–Crippen MR) is 58.9 cm³/mol. The molecule has 0 aliphatic rings. The molecule has 0 radical (unpaired) electrons. The number of hydrogen-bond acceptors (Lipinski definition) is 2. The smallest absolute Gasteiger partial charge is 0.274 e. The number of carbonyl (C=O) groups excluding carboxylic acids is 1. The van der Waals surface area contributed by atoms with Crippen molar-refractivity contribution in [3.8, 4) is 0 Å². The molecule has 3 heteroatoms. The van der Waals surface area contributed by atoms with Crippen LogP contribution in [0.1, 0.15) is 42.6 Å². The molecule has 1 atom stereocenters. The number of nitrogens with one attached hydrogen (secondary N) is 1. The molecule has 82 valence electrons. The molecule has 0 aliphatic carbocycles. The number of amides is 1. The number of benzene rings is 1. The van der Waals surface area contributed by atoms with Crippen LogP contribution < -0.4 is 5.48 Å². The Balaban J connectivity index is 2.97. The first-order chi connectivity index (χ1) is 7.06. The van der Waals surface area contributed by atoms with Gasteiger partial charge >= 0.3 is 0 Å². The van der Waals surface area contributed by atoms with E-state index in [-0.39, 0.29) is 0 Å². The summed E-state index contributed by atoms with van der Waals surface area (Å²) in [5, 5.41) is 8.53. The Hall–Kier alpha value is -1.35. The highest BCUT2D eigenvalue weighted by molar-refractivity contribution is 5.93. The second kappa shape index (κ2) is 4.94. The maximum Gasteiger partial charge on any atom is 0.274 e. The minimum absolute atomic E-state index is 0.399. The molecule has 1 aromatic carbocycles. The van der Waals surface area contributed by atoms with E-state index in [9.17, 15) is 4.79 Å². The zero-order chi connectivity index (χ0) is 11.4. The third kappa shape index (κ3) is 2.80. The molecule has 1 unspecified atom stereocenters. The lowest BCUT2D eigenvalue weighted by Crippen LogP contribution is -2.18. The maximum atomic E-state index is 11.2. The zero-order valence-corrected chi connectivity index (χ0v) is 9.32. The van der Waals surface area contributed by atoms with Crippen molar-refractivity contribution in [3.05, 3.63) is 35.4 Å². The van der Waals surface area contributed by atoms with Gasteiger partial charge in [0.1, 0.15) is 0 Å². The largest absolute Gasteiger partial charge is 0.288 e. The molecule has 1 amide bonds. The van der Waals surface area contributed by atoms with Crippen molar-refractivity contribution < 1.29 is 10.0 Å². The minimum atomic E-state index is -0.465. The number of carbonyl (C=O) groups is 1. The molecule has 15 heavy (non-hydrogen) atoms. The van der Waals surface area contributed by atoms with Crippen molar-refractivity contribution in [2.24, 2.45) is 5.92 Å². The summed E-state index contributed by atoms with van der Waals surface area (Å²) < 4.78 is 0. The Bertz CT molecular complexity index is 347. The molecule has 1 rings (SSSR count). The van der Waals surface area contributed by atoms with Crippen LogP contribution >= 0.6 is 0 Å². The summed E-state index contributed by atoms with van der Waals surface area (Å²) in [5.74, 6) is 0.460. The monoisotopic (exact) mass is 207 g/mol. The summed E-state index contributed by atoms with van der Waals surface area (Å²) in [6, 6.07) is 7.33. The maximum absolute atomic E-state index is 11.2. The quantitative estimate of drug-likeness (QED) is 0.591. The van der Waals surface area contributed by atoms with Gasteiger partial charge in [-0.25, -0.2) is 5.48 Å². The Labute approximate surface area is 90.1 Å². The van der Waals surface area contributed by atoms with Crippen molar-refractivity contribution in [2.75, 3.05) is 0 Å². The summed E-state index contributed by atoms with van der Waals surface area (Å²) in [6.07, 6.45) is 0. The number of rotatable bonds is 3. The zero-order valence-electron chi connectivity index (χ0n) is 9.32. The average molecular weight is 207 g/mol. The van der Waals surface area contributed by atoms with Crippen LogP contribution in [0.25, 0.3) is 0 Å². The van der Waals surface area contributed by atoms with Crippen LogP contribution in [0.5, 0.6) is 0 Å². The molecule has 0 aromatic heterocycles. The van der Waals surface area contributed by atoms with E-state index in [1.54, 1.807) is 11.5 Å². The lowest BCUT2D eigenvalue weighted by Gasteiger charge is -2.16. The third-order valence-corrected chi connectivity index (χ3v) is 2.78. The van der Waals surface area contributed by atoms with Gasteiger partial charge in [-0.05, 0) is 29.5 Å². The topological polar surface area (TPSA) is 49.3 Å². The van der Waals surface area contributed by atoms with Gasteiger partial charge in [-0.2, -0.15) is 0 Å². The molecule has 0 bridgehead atoms. The molecular weight excluding hydrogens is 190 g/mol. The third-order valence-electron chi connectivity index (χ3n) is 2.78. The Morgan fingerprint density at radius 2 is 2.00 bits per heavy atom. The Morgan fingerprint density at radius 1 is 1.33 bits per heavy atom. The van der Waals surface area contributed by atoms with Crippen molar-refractivity contribution in [1.29, 1.82) is 0 Å². The van der Waals surface area contributed by atoms with Gasteiger partial charge < -0.3 is 0 Å². The average Bonchev–Trinajstić information content (AvgIpc) is 2.27. The lowest BCUT2D eigenvalue weighted by molar-refractivity contribution is 0.0706. The van der Waals surface area contributed by atoms with Crippen LogP contribution in [0.4, 0.5) is 0 Å². The molecule has 0 saturated heterocycles. The SMILES string of the molecule is CC(C)C(C)c1cccc(C(=O)NO)c1. The van der Waals surface area contributed by atoms with E-state index in [2.05, 4.69) is 20.8 Å². The summed E-state index contributed by atoms with van der Waals surface area (Å²) in [6.45, 7) is 6.41. The summed E-state index contributed by atoms with van der Waals surface area (Å²) >= 11 is 0. The van der Waals surface area contributed by atoms with E-state index in [4.69, 9.17) is 5.21 Å². The van der Waals surface area contributed by atoms with Crippen LogP contribution in [0.3, 0.4) is 0 Å². The van der Waals surface area contributed by atoms with E-state index in [0.717, 1.165) is 5.56 Å². The van der Waals surface area contributed by atoms with Gasteiger partial charge in [0.05, 0.1) is 0 Å². The van der Waals surface area contributed by atoms with Gasteiger partial charge in [0.2, 0.25) is 0 Å². The fourth-order valence-electron chi connectivity index (χ4n) is 1.41. The predicted octanol–water partition coefficient (Wildman–Crippen LogP) is 2.57. The molecule has 1 aromatic rings. The van der Waals surface area contributed by atoms with Crippen LogP contribution in [0, 0.1) is 5.92 Å². The second-order valence-corrected chi connectivity index (χ2v) is 4.10. The highest BCUT2D eigenvalue weighted by Gasteiger charge is 2.12. The van der Waals surface area contributed by atoms with Gasteiger partial charge in [-0.15, -0.1) is 0 Å². The van der Waals surface area contributed by atoms with E-state index < -0.39 is 5.91 Å². The fourth-order valence-corrected chi connectivity index (χ4v) is 1.41. The van der Waals surface area contributed by atoms with Crippen LogP contribution in [-0.2, 0) is 0 Å². The highest BCUT2D eigenvalue weighted by atomic mass is 16.5. The highest BCUT2D eigenvalue weighted by Crippen LogP contribution is 2.24. The number of hydroxylamine groups is 1. The van der Waals surface area contributed by atoms with E-state index in [0.29, 0.717) is 17.4 Å². The first kappa shape index (κ1) is 11.7. The van der Waals surface area contributed by atoms with Gasteiger partial charge in [0.25, 0.3) is 5.91 Å². The first-order valence-corrected chi connectivity index (χ1v) is 5.10. The van der Waals surface area contributed by atoms with Crippen molar-refractivity contribution in [3.63, 3.8) is 0 Å². The molecular formula is C12H17NO2. The van der Waals surface area contributed by atoms with E-state index in [1.165, 1.54) is 0 Å². The van der Waals surface area contributed by atoms with Crippen molar-refractivity contribution in [2.45, 2.75) is 26.7 Å². The van der Waals surface area contributed by atoms with Crippen molar-refractivity contribution >= 4 is 5.91 Å².